The molecule has 5 rings (SSSR count). The van der Waals surface area contributed by atoms with E-state index in [1.165, 1.54) is 0 Å². The summed E-state index contributed by atoms with van der Waals surface area (Å²) in [5.74, 6) is 1.42. The van der Waals surface area contributed by atoms with Gasteiger partial charge in [0, 0.05) is 11.3 Å². The van der Waals surface area contributed by atoms with Crippen LogP contribution in [0.25, 0.3) is 0 Å². The van der Waals surface area contributed by atoms with E-state index in [0.717, 1.165) is 51.4 Å². The van der Waals surface area contributed by atoms with E-state index in [4.69, 9.17) is 4.74 Å². The van der Waals surface area contributed by atoms with Crippen LogP contribution in [-0.4, -0.2) is 46.2 Å². The lowest BCUT2D eigenvalue weighted by Gasteiger charge is -2.60. The van der Waals surface area contributed by atoms with Crippen molar-refractivity contribution in [3.05, 3.63) is 0 Å². The number of ketones is 1. The SMILES string of the molecule is C[C@@]12CC[C@H](O)C[C@@H]1CC[C@H]1[C@H]2[C@H]2C[C@]3(C(O)O2)[C@@H]1CC[C@H]3C(=O)CO. The zero-order valence-electron chi connectivity index (χ0n) is 15.6. The molecule has 5 aliphatic rings. The summed E-state index contributed by atoms with van der Waals surface area (Å²) in [6.07, 6.45) is 6.55. The maximum atomic E-state index is 12.4. The lowest BCUT2D eigenvalue weighted by molar-refractivity contribution is -0.162. The molecule has 146 valence electrons. The number of aliphatic hydroxyl groups excluding tert-OH is 3. The maximum absolute atomic E-state index is 12.4. The highest BCUT2D eigenvalue weighted by Crippen LogP contribution is 2.71. The average Bonchev–Trinajstić information content (AvgIpc) is 3.14. The summed E-state index contributed by atoms with van der Waals surface area (Å²) in [6.45, 7) is 1.97. The molecule has 5 nitrogen and oxygen atoms in total. The molecule has 4 aliphatic carbocycles. The third-order valence-corrected chi connectivity index (χ3v) is 9.46. The largest absolute Gasteiger partial charge is 0.393 e. The number of ether oxygens (including phenoxy) is 1. The number of hydrogen-bond donors (Lipinski definition) is 3. The van der Waals surface area contributed by atoms with Crippen LogP contribution in [0.2, 0.25) is 0 Å². The first-order chi connectivity index (χ1) is 12.4. The Morgan fingerprint density at radius 1 is 1.15 bits per heavy atom. The zero-order valence-corrected chi connectivity index (χ0v) is 15.6. The minimum Gasteiger partial charge on any atom is -0.393 e. The van der Waals surface area contributed by atoms with Crippen LogP contribution < -0.4 is 0 Å². The van der Waals surface area contributed by atoms with Gasteiger partial charge in [0.25, 0.3) is 0 Å². The van der Waals surface area contributed by atoms with Crippen LogP contribution in [0.1, 0.15) is 58.3 Å². The molecule has 1 unspecified atom stereocenters. The van der Waals surface area contributed by atoms with Crippen molar-refractivity contribution in [3.8, 4) is 0 Å². The van der Waals surface area contributed by atoms with Crippen molar-refractivity contribution in [1.29, 1.82) is 0 Å². The third kappa shape index (κ3) is 2.04. The molecule has 10 atom stereocenters. The molecule has 2 bridgehead atoms. The molecule has 1 heterocycles. The number of carbonyl (C=O) groups is 1. The van der Waals surface area contributed by atoms with E-state index in [-0.39, 0.29) is 29.3 Å². The summed E-state index contributed by atoms with van der Waals surface area (Å²) in [5, 5.41) is 30.6. The highest BCUT2D eigenvalue weighted by molar-refractivity contribution is 5.83. The van der Waals surface area contributed by atoms with Crippen LogP contribution in [-0.2, 0) is 9.53 Å². The van der Waals surface area contributed by atoms with Gasteiger partial charge >= 0.3 is 0 Å². The van der Waals surface area contributed by atoms with Gasteiger partial charge in [0.2, 0.25) is 0 Å². The van der Waals surface area contributed by atoms with Gasteiger partial charge in [0.15, 0.2) is 12.1 Å². The molecule has 4 saturated carbocycles. The molecular weight excluding hydrogens is 332 g/mol. The molecule has 0 radical (unpaired) electrons. The van der Waals surface area contributed by atoms with Crippen molar-refractivity contribution < 1.29 is 24.9 Å². The summed E-state index contributed by atoms with van der Waals surface area (Å²) in [6, 6.07) is 0. The predicted octanol–water partition coefficient (Wildman–Crippen LogP) is 1.87. The molecule has 0 aromatic heterocycles. The van der Waals surface area contributed by atoms with Gasteiger partial charge < -0.3 is 20.1 Å². The zero-order chi connectivity index (χ0) is 18.3. The number of fused-ring (bicyclic) bond motifs is 6. The Morgan fingerprint density at radius 3 is 2.73 bits per heavy atom. The van der Waals surface area contributed by atoms with Crippen LogP contribution in [0, 0.1) is 40.4 Å². The first-order valence-electron chi connectivity index (χ1n) is 10.6. The van der Waals surface area contributed by atoms with Crippen LogP contribution >= 0.6 is 0 Å². The molecule has 0 aromatic carbocycles. The highest BCUT2D eigenvalue weighted by Gasteiger charge is 2.71. The average molecular weight is 364 g/mol. The predicted molar refractivity (Wildman–Crippen MR) is 93.9 cm³/mol. The monoisotopic (exact) mass is 364 g/mol. The Bertz CT molecular complexity index is 607. The first-order valence-corrected chi connectivity index (χ1v) is 10.6. The standard InChI is InChI=1S/C21H32O5/c1-20-7-6-12(23)8-11(20)2-3-13-14-4-5-15(16(24)10-22)21(14)9-17(18(13)20)26-19(21)25/h11-15,17-19,22-23,25H,2-10H2,1H3/t11-,12-,13+,14+,15-,17+,18-,19?,20+,21-/m0/s1. The lowest BCUT2D eigenvalue weighted by atomic mass is 9.44. The molecule has 5 fully saturated rings. The smallest absolute Gasteiger partial charge is 0.162 e. The van der Waals surface area contributed by atoms with Crippen LogP contribution in [0.5, 0.6) is 0 Å². The van der Waals surface area contributed by atoms with Gasteiger partial charge in [-0.2, -0.15) is 0 Å². The second-order valence-electron chi connectivity index (χ2n) is 10.1. The summed E-state index contributed by atoms with van der Waals surface area (Å²) >= 11 is 0. The number of carbonyl (C=O) groups excluding carboxylic acids is 1. The van der Waals surface area contributed by atoms with Gasteiger partial charge in [-0.3, -0.25) is 4.79 Å². The molecular formula is C21H32O5. The van der Waals surface area contributed by atoms with E-state index < -0.39 is 18.3 Å². The quantitative estimate of drug-likeness (QED) is 0.696. The molecule has 0 aromatic rings. The van der Waals surface area contributed by atoms with Crippen molar-refractivity contribution in [2.75, 3.05) is 6.61 Å². The van der Waals surface area contributed by atoms with Crippen LogP contribution in [0.4, 0.5) is 0 Å². The molecule has 1 saturated heterocycles. The summed E-state index contributed by atoms with van der Waals surface area (Å²) < 4.78 is 6.18. The topological polar surface area (TPSA) is 87.0 Å². The maximum Gasteiger partial charge on any atom is 0.162 e. The molecule has 5 heteroatoms. The van der Waals surface area contributed by atoms with Gasteiger partial charge in [-0.15, -0.1) is 0 Å². The van der Waals surface area contributed by atoms with Crippen molar-refractivity contribution in [1.82, 2.24) is 0 Å². The Labute approximate surface area is 155 Å². The van der Waals surface area contributed by atoms with Crippen molar-refractivity contribution in [2.24, 2.45) is 40.4 Å². The van der Waals surface area contributed by atoms with E-state index >= 15 is 0 Å². The van der Waals surface area contributed by atoms with E-state index in [0.29, 0.717) is 23.7 Å². The van der Waals surface area contributed by atoms with Crippen LogP contribution in [0.15, 0.2) is 0 Å². The Balaban J connectivity index is 1.53. The molecule has 26 heavy (non-hydrogen) atoms. The van der Waals surface area contributed by atoms with E-state index in [1.807, 2.05) is 0 Å². The van der Waals surface area contributed by atoms with E-state index in [1.54, 1.807) is 0 Å². The van der Waals surface area contributed by atoms with Gasteiger partial charge in [0.05, 0.1) is 12.2 Å². The van der Waals surface area contributed by atoms with E-state index in [2.05, 4.69) is 6.92 Å². The fraction of sp³-hybridized carbons (Fsp3) is 0.952. The highest BCUT2D eigenvalue weighted by atomic mass is 16.6. The number of Topliss-reactive ketones (excluding diaryl/α,β-unsaturated/α-hetero) is 1. The normalized spacial score (nSPS) is 58.0. The van der Waals surface area contributed by atoms with Crippen molar-refractivity contribution in [3.63, 3.8) is 0 Å². The Hall–Kier alpha value is -0.490. The lowest BCUT2D eigenvalue weighted by Crippen LogP contribution is -2.58. The number of aliphatic hydroxyl groups is 3. The Kier molecular flexibility index (Phi) is 3.90. The molecule has 0 amide bonds. The number of rotatable bonds is 2. The van der Waals surface area contributed by atoms with Crippen molar-refractivity contribution in [2.45, 2.75) is 76.8 Å². The summed E-state index contributed by atoms with van der Waals surface area (Å²) in [7, 11) is 0. The second-order valence-corrected chi connectivity index (χ2v) is 10.1. The fourth-order valence-corrected chi connectivity index (χ4v) is 8.47. The molecule has 3 N–H and O–H groups in total. The minimum absolute atomic E-state index is 0.0152. The minimum atomic E-state index is -0.873. The Morgan fingerprint density at radius 2 is 1.96 bits per heavy atom. The first kappa shape index (κ1) is 17.6. The van der Waals surface area contributed by atoms with Gasteiger partial charge in [-0.1, -0.05) is 6.92 Å². The van der Waals surface area contributed by atoms with E-state index in [9.17, 15) is 20.1 Å². The van der Waals surface area contributed by atoms with Crippen molar-refractivity contribution >= 4 is 5.78 Å². The van der Waals surface area contributed by atoms with Gasteiger partial charge in [-0.05, 0) is 80.5 Å². The summed E-state index contributed by atoms with van der Waals surface area (Å²) in [4.78, 5) is 12.4. The molecule has 1 spiro atoms. The fourth-order valence-electron chi connectivity index (χ4n) is 8.47. The van der Waals surface area contributed by atoms with Crippen LogP contribution in [0.3, 0.4) is 0 Å². The summed E-state index contributed by atoms with van der Waals surface area (Å²) in [5.41, 5.74) is -0.300. The number of hydrogen-bond acceptors (Lipinski definition) is 5. The third-order valence-electron chi connectivity index (χ3n) is 9.46. The molecule has 1 aliphatic heterocycles. The van der Waals surface area contributed by atoms with Gasteiger partial charge in [0.1, 0.15) is 6.61 Å². The van der Waals surface area contributed by atoms with Gasteiger partial charge in [-0.25, -0.2) is 0 Å². The second kappa shape index (κ2) is 5.76.